The quantitative estimate of drug-likeness (QED) is 0.375. The van der Waals surface area contributed by atoms with E-state index in [4.69, 9.17) is 4.74 Å². The van der Waals surface area contributed by atoms with Gasteiger partial charge in [-0.15, -0.1) is 0 Å². The average molecular weight is 586 g/mol. The number of piperazine rings is 1. The number of ether oxygens (including phenoxy) is 1. The van der Waals surface area contributed by atoms with E-state index < -0.39 is 6.09 Å². The van der Waals surface area contributed by atoms with Crippen molar-refractivity contribution in [1.82, 2.24) is 20.0 Å². The van der Waals surface area contributed by atoms with Crippen LogP contribution in [0.5, 0.6) is 0 Å². The zero-order valence-electron chi connectivity index (χ0n) is 25.9. The number of benzene rings is 3. The Labute approximate surface area is 255 Å². The van der Waals surface area contributed by atoms with E-state index >= 15 is 0 Å². The molecule has 9 heteroatoms. The lowest BCUT2D eigenvalue weighted by Gasteiger charge is -2.34. The van der Waals surface area contributed by atoms with E-state index in [1.165, 1.54) is 4.90 Å². The fourth-order valence-corrected chi connectivity index (χ4v) is 4.96. The lowest BCUT2D eigenvalue weighted by molar-refractivity contribution is 0.0756. The Balaban J connectivity index is 1.31. The molecule has 1 heterocycles. The van der Waals surface area contributed by atoms with Crippen LogP contribution in [-0.2, 0) is 11.3 Å². The number of hydrogen-bond acceptors (Lipinski definition) is 6. The van der Waals surface area contributed by atoms with Gasteiger partial charge in [-0.2, -0.15) is 0 Å². The molecule has 228 valence electrons. The van der Waals surface area contributed by atoms with E-state index in [2.05, 4.69) is 28.2 Å². The first-order valence-corrected chi connectivity index (χ1v) is 14.7. The highest BCUT2D eigenvalue weighted by Crippen LogP contribution is 2.22. The Hall–Kier alpha value is -4.37. The van der Waals surface area contributed by atoms with E-state index in [-0.39, 0.29) is 24.5 Å². The van der Waals surface area contributed by atoms with Crippen LogP contribution in [0, 0.1) is 6.92 Å². The van der Waals surface area contributed by atoms with Gasteiger partial charge in [0.2, 0.25) is 0 Å². The van der Waals surface area contributed by atoms with Gasteiger partial charge in [0.25, 0.3) is 11.8 Å². The maximum Gasteiger partial charge on any atom is 0.409 e. The molecule has 4 rings (SSSR count). The monoisotopic (exact) mass is 585 g/mol. The molecule has 9 nitrogen and oxygen atoms in total. The Morgan fingerprint density at radius 2 is 1.58 bits per heavy atom. The van der Waals surface area contributed by atoms with Crippen LogP contribution in [0.1, 0.15) is 50.4 Å². The zero-order chi connectivity index (χ0) is 30.9. The van der Waals surface area contributed by atoms with Gasteiger partial charge in [-0.05, 0) is 61.9 Å². The summed E-state index contributed by atoms with van der Waals surface area (Å²) in [6.07, 6.45) is -0.444. The molecule has 1 N–H and O–H groups in total. The number of nitrogens with one attached hydrogen (secondary N) is 1. The summed E-state index contributed by atoms with van der Waals surface area (Å²) in [6.45, 7) is 8.58. The Morgan fingerprint density at radius 1 is 0.884 bits per heavy atom. The van der Waals surface area contributed by atoms with Crippen molar-refractivity contribution in [3.05, 3.63) is 101 Å². The third-order valence-corrected chi connectivity index (χ3v) is 7.95. The molecule has 3 aromatic carbocycles. The molecule has 0 bridgehead atoms. The van der Waals surface area contributed by atoms with Crippen molar-refractivity contribution < 1.29 is 19.1 Å². The van der Waals surface area contributed by atoms with Crippen LogP contribution in [0.3, 0.4) is 0 Å². The smallest absolute Gasteiger partial charge is 0.409 e. The second-order valence-corrected chi connectivity index (χ2v) is 11.3. The molecular weight excluding hydrogens is 542 g/mol. The lowest BCUT2D eigenvalue weighted by atomic mass is 10.0. The number of likely N-dealkylation sites (N-methyl/N-ethyl adjacent to an activating group) is 3. The molecular formula is C34H43N5O4. The van der Waals surface area contributed by atoms with E-state index in [0.29, 0.717) is 24.2 Å². The molecule has 0 radical (unpaired) electrons. The fraction of sp³-hybridized carbons (Fsp3) is 0.382. The molecule has 1 atom stereocenters. The predicted molar refractivity (Wildman–Crippen MR) is 169 cm³/mol. The summed E-state index contributed by atoms with van der Waals surface area (Å²) in [5.41, 5.74) is 4.90. The Kier molecular flexibility index (Phi) is 10.8. The minimum atomic E-state index is -0.444. The second-order valence-electron chi connectivity index (χ2n) is 11.3. The average Bonchev–Trinajstić information content (AvgIpc) is 3.03. The van der Waals surface area contributed by atoms with Crippen molar-refractivity contribution in [2.45, 2.75) is 26.5 Å². The van der Waals surface area contributed by atoms with Crippen molar-refractivity contribution in [1.29, 1.82) is 0 Å². The minimum absolute atomic E-state index is 0.142. The summed E-state index contributed by atoms with van der Waals surface area (Å²) in [7, 11) is 5.48. The fourth-order valence-electron chi connectivity index (χ4n) is 4.96. The molecule has 0 saturated carbocycles. The van der Waals surface area contributed by atoms with Crippen LogP contribution in [0.15, 0.2) is 72.8 Å². The summed E-state index contributed by atoms with van der Waals surface area (Å²) >= 11 is 0. The SMILES string of the molecule is Cc1ccc(N2CCN(C)CC2)cc1C(=O)N[C@H](C)c1cccc(C(=O)N(C)CCN(C)C(=O)OCc2ccccc2)c1. The van der Waals surface area contributed by atoms with E-state index in [1.807, 2.05) is 74.5 Å². The van der Waals surface area contributed by atoms with Crippen LogP contribution in [0.25, 0.3) is 0 Å². The predicted octanol–water partition coefficient (Wildman–Crippen LogP) is 4.58. The van der Waals surface area contributed by atoms with Crippen molar-refractivity contribution in [2.75, 3.05) is 65.3 Å². The number of anilines is 1. The Morgan fingerprint density at radius 3 is 2.30 bits per heavy atom. The van der Waals surface area contributed by atoms with Gasteiger partial charge in [0.15, 0.2) is 0 Å². The second kappa shape index (κ2) is 14.7. The normalized spacial score (nSPS) is 14.1. The van der Waals surface area contributed by atoms with Crippen molar-refractivity contribution in [2.24, 2.45) is 0 Å². The number of amides is 3. The molecule has 3 amide bonds. The largest absolute Gasteiger partial charge is 0.445 e. The summed E-state index contributed by atoms with van der Waals surface area (Å²) in [6, 6.07) is 22.6. The molecule has 0 aliphatic carbocycles. The van der Waals surface area contributed by atoms with E-state index in [9.17, 15) is 14.4 Å². The first kappa shape index (κ1) is 31.6. The zero-order valence-corrected chi connectivity index (χ0v) is 25.9. The van der Waals surface area contributed by atoms with Gasteiger partial charge in [-0.25, -0.2) is 4.79 Å². The van der Waals surface area contributed by atoms with Crippen LogP contribution in [0.4, 0.5) is 10.5 Å². The van der Waals surface area contributed by atoms with Gasteiger partial charge < -0.3 is 29.7 Å². The van der Waals surface area contributed by atoms with Gasteiger partial charge in [0.05, 0.1) is 6.04 Å². The van der Waals surface area contributed by atoms with Gasteiger partial charge in [0, 0.05) is 70.2 Å². The molecule has 3 aromatic rings. The molecule has 1 saturated heterocycles. The highest BCUT2D eigenvalue weighted by Gasteiger charge is 2.20. The number of nitrogens with zero attached hydrogens (tertiary/aromatic N) is 4. The van der Waals surface area contributed by atoms with Crippen LogP contribution >= 0.6 is 0 Å². The number of carbonyl (C=O) groups excluding carboxylic acids is 3. The summed E-state index contributed by atoms with van der Waals surface area (Å²) in [5, 5.41) is 3.11. The van der Waals surface area contributed by atoms with Gasteiger partial charge in [-0.1, -0.05) is 48.5 Å². The highest BCUT2D eigenvalue weighted by atomic mass is 16.6. The lowest BCUT2D eigenvalue weighted by Crippen LogP contribution is -2.44. The molecule has 0 spiro atoms. The number of hydrogen-bond donors (Lipinski definition) is 1. The van der Waals surface area contributed by atoms with Crippen LogP contribution in [-0.4, -0.2) is 93.0 Å². The van der Waals surface area contributed by atoms with Crippen molar-refractivity contribution in [3.63, 3.8) is 0 Å². The third kappa shape index (κ3) is 8.58. The summed E-state index contributed by atoms with van der Waals surface area (Å²) in [5.74, 6) is -0.306. The maximum atomic E-state index is 13.3. The standard InChI is InChI=1S/C34H43N5O4/c1-25-14-15-30(39-20-16-36(3)17-21-39)23-31(25)32(40)35-26(2)28-12-9-13-29(22-28)33(41)37(4)18-19-38(5)34(42)43-24-27-10-7-6-8-11-27/h6-15,22-23,26H,16-21,24H2,1-5H3,(H,35,40)/t26-/m1/s1. The minimum Gasteiger partial charge on any atom is -0.445 e. The van der Waals surface area contributed by atoms with Gasteiger partial charge in [-0.3, -0.25) is 9.59 Å². The Bertz CT molecular complexity index is 1400. The van der Waals surface area contributed by atoms with Crippen LogP contribution in [0.2, 0.25) is 0 Å². The number of rotatable bonds is 10. The highest BCUT2D eigenvalue weighted by molar-refractivity contribution is 5.97. The first-order valence-electron chi connectivity index (χ1n) is 14.7. The summed E-state index contributed by atoms with van der Waals surface area (Å²) in [4.78, 5) is 46.6. The molecule has 43 heavy (non-hydrogen) atoms. The molecule has 0 unspecified atom stereocenters. The third-order valence-electron chi connectivity index (χ3n) is 7.95. The van der Waals surface area contributed by atoms with E-state index in [1.54, 1.807) is 25.1 Å². The summed E-state index contributed by atoms with van der Waals surface area (Å²) < 4.78 is 5.37. The topological polar surface area (TPSA) is 85.4 Å². The molecule has 1 fully saturated rings. The first-order chi connectivity index (χ1) is 20.6. The van der Waals surface area contributed by atoms with Crippen molar-refractivity contribution in [3.8, 4) is 0 Å². The number of carbonyl (C=O) groups is 3. The van der Waals surface area contributed by atoms with Crippen LogP contribution < -0.4 is 10.2 Å². The molecule has 1 aliphatic rings. The van der Waals surface area contributed by atoms with Crippen molar-refractivity contribution >= 4 is 23.6 Å². The number of aryl methyl sites for hydroxylation is 1. The molecule has 1 aliphatic heterocycles. The van der Waals surface area contributed by atoms with Gasteiger partial charge in [0.1, 0.15) is 6.61 Å². The molecule has 0 aromatic heterocycles. The maximum absolute atomic E-state index is 13.3. The van der Waals surface area contributed by atoms with E-state index in [0.717, 1.165) is 48.6 Å². The van der Waals surface area contributed by atoms with Gasteiger partial charge >= 0.3 is 6.09 Å².